The van der Waals surface area contributed by atoms with Crippen LogP contribution in [0.2, 0.25) is 0 Å². The highest BCUT2D eigenvalue weighted by Crippen LogP contribution is 2.28. The molecule has 1 aromatic heterocycles. The standard InChI is InChI=1S/C13H20N4O/c18-13-3-2-11-10-14-6-4-12(11)17(13)9-8-16-7-1-5-15-16/h1,5,7,11-12,14H,2-4,6,8-10H2. The normalized spacial score (nSPS) is 28.2. The molecule has 0 aliphatic carbocycles. The SMILES string of the molecule is O=C1CCC2CNCCC2N1CCn1cccn1. The molecule has 1 aromatic rings. The number of nitrogens with one attached hydrogen (secondary N) is 1. The Bertz CT molecular complexity index is 403. The molecule has 0 spiro atoms. The van der Waals surface area contributed by atoms with Crippen molar-refractivity contribution in [3.05, 3.63) is 18.5 Å². The Morgan fingerprint density at radius 1 is 1.39 bits per heavy atom. The van der Waals surface area contributed by atoms with E-state index in [2.05, 4.69) is 15.3 Å². The van der Waals surface area contributed by atoms with Crippen LogP contribution in [0, 0.1) is 5.92 Å². The summed E-state index contributed by atoms with van der Waals surface area (Å²) < 4.78 is 1.90. The van der Waals surface area contributed by atoms with Crippen LogP contribution in [-0.4, -0.2) is 46.3 Å². The maximum Gasteiger partial charge on any atom is 0.222 e. The predicted molar refractivity (Wildman–Crippen MR) is 67.9 cm³/mol. The molecule has 0 radical (unpaired) electrons. The monoisotopic (exact) mass is 248 g/mol. The summed E-state index contributed by atoms with van der Waals surface area (Å²) in [5, 5.41) is 7.63. The predicted octanol–water partition coefficient (Wildman–Crippen LogP) is 0.484. The van der Waals surface area contributed by atoms with Gasteiger partial charge in [-0.1, -0.05) is 0 Å². The minimum absolute atomic E-state index is 0.324. The first kappa shape index (κ1) is 11.7. The van der Waals surface area contributed by atoms with Gasteiger partial charge in [-0.3, -0.25) is 9.48 Å². The number of amides is 1. The Balaban J connectivity index is 1.65. The summed E-state index contributed by atoms with van der Waals surface area (Å²) in [7, 11) is 0. The quantitative estimate of drug-likeness (QED) is 0.846. The van der Waals surface area contributed by atoms with Crippen LogP contribution < -0.4 is 5.32 Å². The van der Waals surface area contributed by atoms with Gasteiger partial charge in [0.15, 0.2) is 0 Å². The molecular formula is C13H20N4O. The van der Waals surface area contributed by atoms with E-state index < -0.39 is 0 Å². The maximum atomic E-state index is 12.1. The van der Waals surface area contributed by atoms with Crippen molar-refractivity contribution in [2.75, 3.05) is 19.6 Å². The maximum absolute atomic E-state index is 12.1. The molecule has 0 bridgehead atoms. The highest BCUT2D eigenvalue weighted by molar-refractivity contribution is 5.77. The van der Waals surface area contributed by atoms with E-state index in [-0.39, 0.29) is 0 Å². The highest BCUT2D eigenvalue weighted by Gasteiger charge is 2.36. The fourth-order valence-electron chi connectivity index (χ4n) is 3.18. The minimum Gasteiger partial charge on any atom is -0.337 e. The molecule has 1 amide bonds. The average molecular weight is 248 g/mol. The smallest absolute Gasteiger partial charge is 0.222 e. The molecule has 3 rings (SSSR count). The van der Waals surface area contributed by atoms with E-state index in [1.54, 1.807) is 6.20 Å². The van der Waals surface area contributed by atoms with E-state index in [0.29, 0.717) is 24.3 Å². The molecule has 5 heteroatoms. The Kier molecular flexibility index (Phi) is 3.32. The summed E-state index contributed by atoms with van der Waals surface area (Å²) in [4.78, 5) is 14.2. The highest BCUT2D eigenvalue weighted by atomic mass is 16.2. The molecule has 2 atom stereocenters. The fourth-order valence-corrected chi connectivity index (χ4v) is 3.18. The summed E-state index contributed by atoms with van der Waals surface area (Å²) >= 11 is 0. The van der Waals surface area contributed by atoms with Crippen LogP contribution in [0.15, 0.2) is 18.5 Å². The van der Waals surface area contributed by atoms with Gasteiger partial charge in [0.2, 0.25) is 5.91 Å². The third-order valence-corrected chi connectivity index (χ3v) is 4.15. The zero-order chi connectivity index (χ0) is 12.4. The van der Waals surface area contributed by atoms with Crippen LogP contribution in [0.5, 0.6) is 0 Å². The van der Waals surface area contributed by atoms with Crippen LogP contribution in [-0.2, 0) is 11.3 Å². The first-order valence-electron chi connectivity index (χ1n) is 6.82. The molecule has 5 nitrogen and oxygen atoms in total. The van der Waals surface area contributed by atoms with Gasteiger partial charge in [-0.2, -0.15) is 5.10 Å². The lowest BCUT2D eigenvalue weighted by atomic mass is 9.84. The Labute approximate surface area is 107 Å². The summed E-state index contributed by atoms with van der Waals surface area (Å²) in [6.45, 7) is 3.69. The number of aromatic nitrogens is 2. The van der Waals surface area contributed by atoms with Crippen molar-refractivity contribution < 1.29 is 4.79 Å². The van der Waals surface area contributed by atoms with Gasteiger partial charge in [-0.05, 0) is 37.9 Å². The first-order chi connectivity index (χ1) is 8.84. The van der Waals surface area contributed by atoms with Crippen molar-refractivity contribution in [3.8, 4) is 0 Å². The third kappa shape index (κ3) is 2.27. The zero-order valence-electron chi connectivity index (χ0n) is 10.6. The fraction of sp³-hybridized carbons (Fsp3) is 0.692. The molecule has 98 valence electrons. The van der Waals surface area contributed by atoms with E-state index in [1.165, 1.54) is 0 Å². The van der Waals surface area contributed by atoms with Crippen molar-refractivity contribution in [1.29, 1.82) is 0 Å². The second-order valence-electron chi connectivity index (χ2n) is 5.22. The molecule has 2 unspecified atom stereocenters. The number of piperidine rings is 2. The van der Waals surface area contributed by atoms with Gasteiger partial charge in [0.1, 0.15) is 0 Å². The molecule has 2 fully saturated rings. The van der Waals surface area contributed by atoms with Crippen LogP contribution in [0.3, 0.4) is 0 Å². The van der Waals surface area contributed by atoms with Crippen LogP contribution >= 0.6 is 0 Å². The molecule has 18 heavy (non-hydrogen) atoms. The van der Waals surface area contributed by atoms with Gasteiger partial charge in [0.05, 0.1) is 6.54 Å². The van der Waals surface area contributed by atoms with Gasteiger partial charge < -0.3 is 10.2 Å². The second-order valence-corrected chi connectivity index (χ2v) is 5.22. The number of carbonyl (C=O) groups excluding carboxylic acids is 1. The van der Waals surface area contributed by atoms with Crippen molar-refractivity contribution in [2.24, 2.45) is 5.92 Å². The summed E-state index contributed by atoms with van der Waals surface area (Å²) in [6.07, 6.45) is 6.59. The van der Waals surface area contributed by atoms with E-state index >= 15 is 0 Å². The lowest BCUT2D eigenvalue weighted by Crippen LogP contribution is -2.55. The summed E-state index contributed by atoms with van der Waals surface area (Å²) in [5.41, 5.74) is 0. The van der Waals surface area contributed by atoms with Crippen molar-refractivity contribution in [2.45, 2.75) is 31.8 Å². The van der Waals surface area contributed by atoms with Gasteiger partial charge in [0, 0.05) is 31.4 Å². The number of hydrogen-bond acceptors (Lipinski definition) is 3. The number of likely N-dealkylation sites (tertiary alicyclic amines) is 1. The number of hydrogen-bond donors (Lipinski definition) is 1. The first-order valence-corrected chi connectivity index (χ1v) is 6.82. The number of rotatable bonds is 3. The number of carbonyl (C=O) groups is 1. The Hall–Kier alpha value is -1.36. The van der Waals surface area contributed by atoms with Crippen molar-refractivity contribution in [3.63, 3.8) is 0 Å². The van der Waals surface area contributed by atoms with E-state index in [9.17, 15) is 4.79 Å². The van der Waals surface area contributed by atoms with Gasteiger partial charge in [-0.25, -0.2) is 0 Å². The average Bonchev–Trinajstić information content (AvgIpc) is 2.91. The summed E-state index contributed by atoms with van der Waals surface area (Å²) in [5.74, 6) is 0.972. The minimum atomic E-state index is 0.324. The molecule has 0 aromatic carbocycles. The number of fused-ring (bicyclic) bond motifs is 1. The molecule has 1 N–H and O–H groups in total. The van der Waals surface area contributed by atoms with Crippen LogP contribution in [0.4, 0.5) is 0 Å². The van der Waals surface area contributed by atoms with Gasteiger partial charge in [0.25, 0.3) is 0 Å². The third-order valence-electron chi connectivity index (χ3n) is 4.15. The lowest BCUT2D eigenvalue weighted by Gasteiger charge is -2.44. The lowest BCUT2D eigenvalue weighted by molar-refractivity contribution is -0.139. The van der Waals surface area contributed by atoms with Crippen LogP contribution in [0.1, 0.15) is 19.3 Å². The molecule has 3 heterocycles. The second kappa shape index (κ2) is 5.10. The molecule has 2 aliphatic heterocycles. The molecule has 2 saturated heterocycles. The summed E-state index contributed by atoms with van der Waals surface area (Å²) in [6, 6.07) is 2.37. The van der Waals surface area contributed by atoms with Gasteiger partial charge in [-0.15, -0.1) is 0 Å². The van der Waals surface area contributed by atoms with E-state index in [0.717, 1.165) is 39.0 Å². The molecule has 2 aliphatic rings. The Morgan fingerprint density at radius 2 is 2.33 bits per heavy atom. The van der Waals surface area contributed by atoms with Gasteiger partial charge >= 0.3 is 0 Å². The number of nitrogens with zero attached hydrogens (tertiary/aromatic N) is 3. The van der Waals surface area contributed by atoms with E-state index in [1.807, 2.05) is 16.9 Å². The Morgan fingerprint density at radius 3 is 3.17 bits per heavy atom. The zero-order valence-corrected chi connectivity index (χ0v) is 10.6. The van der Waals surface area contributed by atoms with E-state index in [4.69, 9.17) is 0 Å². The largest absolute Gasteiger partial charge is 0.337 e. The topological polar surface area (TPSA) is 50.2 Å². The van der Waals surface area contributed by atoms with Crippen molar-refractivity contribution >= 4 is 5.91 Å². The molecule has 0 saturated carbocycles. The van der Waals surface area contributed by atoms with Crippen LogP contribution in [0.25, 0.3) is 0 Å². The molecular weight excluding hydrogens is 228 g/mol. The van der Waals surface area contributed by atoms with Crippen molar-refractivity contribution in [1.82, 2.24) is 20.0 Å².